The van der Waals surface area contributed by atoms with Gasteiger partial charge in [-0.05, 0) is 51.4 Å². The minimum Gasteiger partial charge on any atom is -0.479 e. The molecule has 0 aromatic rings. The Kier molecular flexibility index (Phi) is 33.7. The van der Waals surface area contributed by atoms with Crippen LogP contribution >= 0.6 is 0 Å². The Balaban J connectivity index is 3.45. The van der Waals surface area contributed by atoms with E-state index in [0.717, 1.165) is 44.9 Å². The molecular formula is C44H76N14O19. The van der Waals surface area contributed by atoms with Gasteiger partial charge >= 0.3 is 5.97 Å². The fraction of sp³-hybridized carbons (Fsp3) is 0.750. The summed E-state index contributed by atoms with van der Waals surface area (Å²) in [4.78, 5) is 166. The number of aliphatic hydroxyl groups is 3. The van der Waals surface area contributed by atoms with E-state index in [1.165, 1.54) is 0 Å². The molecular weight excluding hydrogens is 1030 g/mol. The van der Waals surface area contributed by atoms with Gasteiger partial charge in [-0.2, -0.15) is 0 Å². The number of carbonyl (C=O) groups is 11. The molecule has 10 amide bonds. The fourth-order valence-electron chi connectivity index (χ4n) is 7.51. The highest BCUT2D eigenvalue weighted by atomic mass is 16.6. The molecule has 0 aromatic carbocycles. The molecule has 8 atom stereocenters. The van der Waals surface area contributed by atoms with Gasteiger partial charge in [-0.15, -0.1) is 20.2 Å². The average molecular weight is 1110 g/mol. The molecule has 0 aliphatic carbocycles. The monoisotopic (exact) mass is 1100 g/mol. The number of rotatable bonds is 34. The molecule has 0 saturated carbocycles. The number of aliphatic hydroxyl groups excluding tert-OH is 3. The molecule has 0 spiro atoms. The zero-order chi connectivity index (χ0) is 57.9. The minimum absolute atomic E-state index is 0.0217. The molecule has 33 heteroatoms. The third-order valence-electron chi connectivity index (χ3n) is 11.8. The summed E-state index contributed by atoms with van der Waals surface area (Å²) in [5, 5.41) is 84.0. The van der Waals surface area contributed by atoms with Crippen LogP contribution in [-0.4, -0.2) is 194 Å². The molecule has 1 fully saturated rings. The molecule has 0 bridgehead atoms. The summed E-state index contributed by atoms with van der Waals surface area (Å²) in [6.45, 7) is -2.24. The number of hydrogen-bond donors (Lipinski definition) is 16. The van der Waals surface area contributed by atoms with Crippen LogP contribution in [0.4, 0.5) is 0 Å². The number of hydroxylamine groups is 2. The summed E-state index contributed by atoms with van der Waals surface area (Å²) in [5.74, 6) is -12.8. The molecule has 436 valence electrons. The lowest BCUT2D eigenvalue weighted by atomic mass is 10.0. The maximum absolute atomic E-state index is 14.1. The lowest BCUT2D eigenvalue weighted by Crippen LogP contribution is -2.62. The Morgan fingerprint density at radius 1 is 0.649 bits per heavy atom. The van der Waals surface area contributed by atoms with E-state index in [-0.39, 0.29) is 55.5 Å². The van der Waals surface area contributed by atoms with Gasteiger partial charge < -0.3 is 74.0 Å². The summed E-state index contributed by atoms with van der Waals surface area (Å²) in [5.41, 5.74) is 5.27. The van der Waals surface area contributed by atoms with Crippen LogP contribution < -0.4 is 53.6 Å². The SMILES string of the molecule is CCCCCCCCCCCC(=O)N[C@H](C(=O)N[C@@H](CO)C(=O)N[C@H](CO)C(=O)N[C@H]1CCCNC(=O)[C@@H](CCCN(O)N=O)NC(=O)CNC(=O)[C@H](CCC(N)=O)NC(=O)[C@@H](CCCN(O)N=O)NC1=O)[C@@H](O)C(=O)O. The van der Waals surface area contributed by atoms with Crippen molar-refractivity contribution in [3.8, 4) is 0 Å². The molecule has 1 rings (SSSR count). The summed E-state index contributed by atoms with van der Waals surface area (Å²) < 4.78 is 0. The zero-order valence-corrected chi connectivity index (χ0v) is 42.9. The number of amides is 10. The van der Waals surface area contributed by atoms with Crippen LogP contribution in [0.15, 0.2) is 10.6 Å². The number of carbonyl (C=O) groups excluding carboxylic acids is 10. The van der Waals surface area contributed by atoms with Gasteiger partial charge in [0.05, 0.1) is 43.4 Å². The highest BCUT2D eigenvalue weighted by Gasteiger charge is 2.37. The topological polar surface area (TPSA) is 509 Å². The predicted octanol–water partition coefficient (Wildman–Crippen LogP) is -4.67. The van der Waals surface area contributed by atoms with E-state index in [1.807, 2.05) is 5.32 Å². The summed E-state index contributed by atoms with van der Waals surface area (Å²) in [6, 6.07) is -12.6. The Morgan fingerprint density at radius 2 is 1.16 bits per heavy atom. The van der Waals surface area contributed by atoms with E-state index >= 15 is 0 Å². The van der Waals surface area contributed by atoms with E-state index in [0.29, 0.717) is 12.8 Å². The summed E-state index contributed by atoms with van der Waals surface area (Å²) >= 11 is 0. The number of aliphatic carboxylic acids is 1. The number of nitrogens with zero attached hydrogens (tertiary/aromatic N) is 4. The van der Waals surface area contributed by atoms with E-state index in [2.05, 4.69) is 60.0 Å². The van der Waals surface area contributed by atoms with Crippen molar-refractivity contribution in [2.24, 2.45) is 16.3 Å². The van der Waals surface area contributed by atoms with Crippen molar-refractivity contribution < 1.29 is 83.6 Å². The third-order valence-corrected chi connectivity index (χ3v) is 11.8. The normalized spacial score (nSPS) is 19.3. The number of carboxylic acids is 1. The Morgan fingerprint density at radius 3 is 1.70 bits per heavy atom. The van der Waals surface area contributed by atoms with Gasteiger partial charge in [0, 0.05) is 19.4 Å². The number of unbranched alkanes of at least 4 members (excludes halogenated alkanes) is 8. The highest BCUT2D eigenvalue weighted by molar-refractivity contribution is 5.98. The van der Waals surface area contributed by atoms with Crippen molar-refractivity contribution in [1.29, 1.82) is 0 Å². The largest absolute Gasteiger partial charge is 0.479 e. The molecule has 33 nitrogen and oxygen atoms in total. The van der Waals surface area contributed by atoms with Crippen molar-refractivity contribution in [1.82, 2.24) is 58.2 Å². The van der Waals surface area contributed by atoms with E-state index in [1.54, 1.807) is 0 Å². The van der Waals surface area contributed by atoms with Gasteiger partial charge in [0.2, 0.25) is 59.1 Å². The number of primary amides is 1. The second-order valence-electron chi connectivity index (χ2n) is 18.0. The Bertz CT molecular complexity index is 1970. The second-order valence-corrected chi connectivity index (χ2v) is 18.0. The van der Waals surface area contributed by atoms with Crippen LogP contribution in [0.2, 0.25) is 0 Å². The second kappa shape index (κ2) is 38.3. The highest BCUT2D eigenvalue weighted by Crippen LogP contribution is 2.12. The number of carboxylic acid groups (broad SMARTS) is 1. The molecule has 17 N–H and O–H groups in total. The van der Waals surface area contributed by atoms with Crippen LogP contribution in [0.3, 0.4) is 0 Å². The number of nitrogens with one attached hydrogen (secondary N) is 9. The van der Waals surface area contributed by atoms with Gasteiger partial charge in [0.1, 0.15) is 42.3 Å². The maximum Gasteiger partial charge on any atom is 0.335 e. The molecule has 1 aliphatic heterocycles. The molecule has 77 heavy (non-hydrogen) atoms. The molecule has 1 aliphatic rings. The van der Waals surface area contributed by atoms with Crippen LogP contribution in [-0.2, 0) is 52.7 Å². The van der Waals surface area contributed by atoms with Crippen LogP contribution in [0, 0.1) is 9.81 Å². The fourth-order valence-corrected chi connectivity index (χ4v) is 7.51. The van der Waals surface area contributed by atoms with Gasteiger partial charge in [-0.25, -0.2) is 4.79 Å². The summed E-state index contributed by atoms with van der Waals surface area (Å²) in [6.07, 6.45) is 3.17. The predicted molar refractivity (Wildman–Crippen MR) is 264 cm³/mol. The van der Waals surface area contributed by atoms with Crippen molar-refractivity contribution >= 4 is 65.0 Å². The summed E-state index contributed by atoms with van der Waals surface area (Å²) in [7, 11) is 0. The smallest absolute Gasteiger partial charge is 0.335 e. The lowest BCUT2D eigenvalue weighted by Gasteiger charge is -2.27. The first-order valence-electron chi connectivity index (χ1n) is 25.3. The maximum atomic E-state index is 14.1. The quantitative estimate of drug-likeness (QED) is 0.0164. The lowest BCUT2D eigenvalue weighted by molar-refractivity contribution is -0.152. The van der Waals surface area contributed by atoms with Gasteiger partial charge in [0.15, 0.2) is 6.10 Å². The third kappa shape index (κ3) is 27.9. The molecule has 1 heterocycles. The molecule has 0 radical (unpaired) electrons. The van der Waals surface area contributed by atoms with Crippen LogP contribution in [0.5, 0.6) is 0 Å². The molecule has 1 saturated heterocycles. The first-order chi connectivity index (χ1) is 36.6. The van der Waals surface area contributed by atoms with Crippen molar-refractivity contribution in [2.45, 2.75) is 171 Å². The van der Waals surface area contributed by atoms with Crippen LogP contribution in [0.1, 0.15) is 122 Å². The zero-order valence-electron chi connectivity index (χ0n) is 42.9. The number of hydrogen-bond acceptors (Lipinski definition) is 20. The minimum atomic E-state index is -2.53. The van der Waals surface area contributed by atoms with E-state index in [9.17, 15) is 93.4 Å². The van der Waals surface area contributed by atoms with Gasteiger partial charge in [0.25, 0.3) is 0 Å². The first-order valence-corrected chi connectivity index (χ1v) is 25.3. The van der Waals surface area contributed by atoms with Gasteiger partial charge in [-0.3, -0.25) is 58.4 Å². The van der Waals surface area contributed by atoms with Crippen molar-refractivity contribution in [3.63, 3.8) is 0 Å². The number of nitroso groups, excluding NO2 is 2. The molecule has 0 unspecified atom stereocenters. The average Bonchev–Trinajstić information content (AvgIpc) is 3.39. The van der Waals surface area contributed by atoms with Crippen molar-refractivity contribution in [2.75, 3.05) is 39.4 Å². The molecule has 0 aromatic heterocycles. The van der Waals surface area contributed by atoms with Crippen LogP contribution in [0.25, 0.3) is 0 Å². The Hall–Kier alpha value is -7.23. The first kappa shape index (κ1) is 67.8. The van der Waals surface area contributed by atoms with Crippen molar-refractivity contribution in [3.05, 3.63) is 9.81 Å². The van der Waals surface area contributed by atoms with E-state index in [4.69, 9.17) is 5.73 Å². The number of nitrogens with two attached hydrogens (primary N) is 1. The van der Waals surface area contributed by atoms with Gasteiger partial charge in [-0.1, -0.05) is 58.3 Å². The standard InChI is InChI=1S/C44H76N14O19/c1-2-3-4-5-6-7-8-9-10-17-33(62)54-35(36(64)44(72)73)43(71)53-31(25-60)42(70)52-30(24-59)41(69)50-27-14-11-20-46-37(65)26(15-12-21-57(76)55-74)48-34(63)23-47-38(66)29(18-19-32(45)61)51-40(68)28(49-39(27)67)16-13-22-58(77)56-75/h26-31,35-36,59-60,64,76-77H,2-25H2,1H3,(H2,45,61)(H,46,65)(H,47,66)(H,48,63)(H,49,67)(H,50,69)(H,51,68)(H,52,70)(H,53,71)(H,54,62)(H,72,73)/t26-,27+,28-,29+,30-,31+,35+,36-/m1/s1. The van der Waals surface area contributed by atoms with E-state index < -0.39 is 165 Å². The Labute approximate surface area is 442 Å².